The highest BCUT2D eigenvalue weighted by molar-refractivity contribution is 7.07. The van der Waals surface area contributed by atoms with E-state index in [1.54, 1.807) is 17.4 Å². The first-order valence-electron chi connectivity index (χ1n) is 6.14. The lowest BCUT2D eigenvalue weighted by Crippen LogP contribution is -2.27. The third-order valence-electron chi connectivity index (χ3n) is 2.96. The molecule has 1 N–H and O–H groups in total. The zero-order valence-corrected chi connectivity index (χ0v) is 11.6. The summed E-state index contributed by atoms with van der Waals surface area (Å²) in [6.45, 7) is 4.70. The van der Waals surface area contributed by atoms with Gasteiger partial charge in [-0.2, -0.15) is 11.3 Å². The predicted octanol–water partition coefficient (Wildman–Crippen LogP) is 3.92. The maximum absolute atomic E-state index is 13.6. The molecule has 18 heavy (non-hydrogen) atoms. The number of rotatable bonds is 5. The van der Waals surface area contributed by atoms with E-state index in [-0.39, 0.29) is 5.82 Å². The highest BCUT2D eigenvalue weighted by atomic mass is 32.1. The monoisotopic (exact) mass is 263 g/mol. The van der Waals surface area contributed by atoms with E-state index in [4.69, 9.17) is 0 Å². The fourth-order valence-corrected chi connectivity index (χ4v) is 2.64. The van der Waals surface area contributed by atoms with Crippen molar-refractivity contribution >= 4 is 11.3 Å². The molecule has 0 spiro atoms. The van der Waals surface area contributed by atoms with E-state index in [1.807, 2.05) is 13.0 Å². The second-order valence-electron chi connectivity index (χ2n) is 4.71. The van der Waals surface area contributed by atoms with Crippen LogP contribution in [0.3, 0.4) is 0 Å². The molecule has 1 atom stereocenters. The molecule has 1 aromatic carbocycles. The van der Waals surface area contributed by atoms with Crippen LogP contribution in [-0.2, 0) is 13.0 Å². The Kier molecular flexibility index (Phi) is 4.50. The number of hydrogen-bond acceptors (Lipinski definition) is 2. The predicted molar refractivity (Wildman–Crippen MR) is 75.5 cm³/mol. The molecule has 0 radical (unpaired) electrons. The molecule has 1 unspecified atom stereocenters. The Hall–Kier alpha value is -1.19. The van der Waals surface area contributed by atoms with Gasteiger partial charge in [0.05, 0.1) is 0 Å². The first-order chi connectivity index (χ1) is 8.65. The van der Waals surface area contributed by atoms with Gasteiger partial charge in [-0.1, -0.05) is 17.7 Å². The lowest BCUT2D eigenvalue weighted by Gasteiger charge is -2.13. The molecule has 3 heteroatoms. The average Bonchev–Trinajstić information content (AvgIpc) is 2.83. The fourth-order valence-electron chi connectivity index (χ4n) is 1.96. The van der Waals surface area contributed by atoms with E-state index in [0.29, 0.717) is 12.6 Å². The van der Waals surface area contributed by atoms with Crippen molar-refractivity contribution in [2.75, 3.05) is 0 Å². The van der Waals surface area contributed by atoms with Crippen LogP contribution in [0.4, 0.5) is 4.39 Å². The van der Waals surface area contributed by atoms with Crippen LogP contribution in [0.25, 0.3) is 0 Å². The van der Waals surface area contributed by atoms with E-state index >= 15 is 0 Å². The molecule has 1 heterocycles. The molecule has 0 aliphatic rings. The Morgan fingerprint density at radius 2 is 2.17 bits per heavy atom. The van der Waals surface area contributed by atoms with Crippen LogP contribution in [-0.4, -0.2) is 6.04 Å². The third kappa shape index (κ3) is 3.65. The summed E-state index contributed by atoms with van der Waals surface area (Å²) < 4.78 is 13.6. The van der Waals surface area contributed by atoms with Crippen molar-refractivity contribution in [3.05, 3.63) is 57.5 Å². The summed E-state index contributed by atoms with van der Waals surface area (Å²) in [5.41, 5.74) is 3.18. The third-order valence-corrected chi connectivity index (χ3v) is 3.70. The number of hydrogen-bond donors (Lipinski definition) is 1. The Bertz CT molecular complexity index is 493. The summed E-state index contributed by atoms with van der Waals surface area (Å²) in [6, 6.07) is 7.72. The molecule has 0 aliphatic carbocycles. The van der Waals surface area contributed by atoms with Crippen molar-refractivity contribution in [2.24, 2.45) is 0 Å². The Balaban J connectivity index is 1.89. The molecule has 0 bridgehead atoms. The normalized spacial score (nSPS) is 12.6. The van der Waals surface area contributed by atoms with Gasteiger partial charge in [0.25, 0.3) is 0 Å². The number of aryl methyl sites for hydroxylation is 1. The summed E-state index contributed by atoms with van der Waals surface area (Å²) in [4.78, 5) is 0. The molecular formula is C15H18FNS. The van der Waals surface area contributed by atoms with E-state index in [1.165, 1.54) is 11.6 Å². The van der Waals surface area contributed by atoms with Gasteiger partial charge in [0, 0.05) is 18.2 Å². The van der Waals surface area contributed by atoms with Gasteiger partial charge in [0.15, 0.2) is 0 Å². The summed E-state index contributed by atoms with van der Waals surface area (Å²) in [5, 5.41) is 7.61. The number of halogens is 1. The molecule has 0 amide bonds. The quantitative estimate of drug-likeness (QED) is 0.862. The number of thiophene rings is 1. The van der Waals surface area contributed by atoms with Gasteiger partial charge in [-0.15, -0.1) is 0 Å². The number of nitrogens with one attached hydrogen (secondary N) is 1. The topological polar surface area (TPSA) is 12.0 Å². The van der Waals surface area contributed by atoms with Crippen LogP contribution in [0.1, 0.15) is 23.6 Å². The van der Waals surface area contributed by atoms with Crippen molar-refractivity contribution < 1.29 is 4.39 Å². The summed E-state index contributed by atoms with van der Waals surface area (Å²) in [6.07, 6.45) is 0.983. The van der Waals surface area contributed by atoms with Gasteiger partial charge in [-0.25, -0.2) is 4.39 Å². The molecular weight excluding hydrogens is 245 g/mol. The molecule has 0 aliphatic heterocycles. The van der Waals surface area contributed by atoms with E-state index < -0.39 is 0 Å². The minimum absolute atomic E-state index is 0.129. The van der Waals surface area contributed by atoms with Crippen molar-refractivity contribution in [2.45, 2.75) is 32.9 Å². The smallest absolute Gasteiger partial charge is 0.127 e. The SMILES string of the molecule is Cc1ccc(F)c(CNC(C)Cc2ccsc2)c1. The van der Waals surface area contributed by atoms with Gasteiger partial charge in [-0.3, -0.25) is 0 Å². The van der Waals surface area contributed by atoms with Gasteiger partial charge in [-0.05, 0) is 48.7 Å². The fraction of sp³-hybridized carbons (Fsp3) is 0.333. The summed E-state index contributed by atoms with van der Waals surface area (Å²) >= 11 is 1.71. The Labute approximate surface area is 112 Å². The average molecular weight is 263 g/mol. The van der Waals surface area contributed by atoms with E-state index in [9.17, 15) is 4.39 Å². The van der Waals surface area contributed by atoms with Crippen LogP contribution in [0.2, 0.25) is 0 Å². The van der Waals surface area contributed by atoms with E-state index in [2.05, 4.69) is 29.1 Å². The zero-order chi connectivity index (χ0) is 13.0. The highest BCUT2D eigenvalue weighted by Gasteiger charge is 2.06. The molecule has 0 saturated carbocycles. The minimum atomic E-state index is -0.129. The van der Waals surface area contributed by atoms with Crippen LogP contribution >= 0.6 is 11.3 Å². The molecule has 0 fully saturated rings. The lowest BCUT2D eigenvalue weighted by atomic mass is 10.1. The van der Waals surface area contributed by atoms with Crippen LogP contribution in [0.5, 0.6) is 0 Å². The maximum atomic E-state index is 13.6. The van der Waals surface area contributed by atoms with Gasteiger partial charge < -0.3 is 5.32 Å². The van der Waals surface area contributed by atoms with Crippen molar-refractivity contribution in [1.82, 2.24) is 5.32 Å². The molecule has 2 rings (SSSR count). The largest absolute Gasteiger partial charge is 0.310 e. The molecule has 96 valence electrons. The first-order valence-corrected chi connectivity index (χ1v) is 7.09. The maximum Gasteiger partial charge on any atom is 0.127 e. The molecule has 1 aromatic heterocycles. The zero-order valence-electron chi connectivity index (χ0n) is 10.7. The molecule has 1 nitrogen and oxygen atoms in total. The van der Waals surface area contributed by atoms with Gasteiger partial charge in [0.2, 0.25) is 0 Å². The van der Waals surface area contributed by atoms with Crippen molar-refractivity contribution in [1.29, 1.82) is 0 Å². The lowest BCUT2D eigenvalue weighted by molar-refractivity contribution is 0.525. The van der Waals surface area contributed by atoms with Crippen LogP contribution in [0.15, 0.2) is 35.0 Å². The highest BCUT2D eigenvalue weighted by Crippen LogP contribution is 2.11. The van der Waals surface area contributed by atoms with Gasteiger partial charge >= 0.3 is 0 Å². The minimum Gasteiger partial charge on any atom is -0.310 e. The Morgan fingerprint density at radius 3 is 2.89 bits per heavy atom. The standard InChI is InChI=1S/C15H18FNS/c1-11-3-4-15(16)14(7-11)9-17-12(2)8-13-5-6-18-10-13/h3-7,10,12,17H,8-9H2,1-2H3. The van der Waals surface area contributed by atoms with Crippen molar-refractivity contribution in [3.63, 3.8) is 0 Å². The Morgan fingerprint density at radius 1 is 1.33 bits per heavy atom. The molecule has 2 aromatic rings. The van der Waals surface area contributed by atoms with Crippen LogP contribution in [0, 0.1) is 12.7 Å². The second kappa shape index (κ2) is 6.12. The van der Waals surface area contributed by atoms with Crippen molar-refractivity contribution in [3.8, 4) is 0 Å². The number of benzene rings is 1. The summed E-state index contributed by atoms with van der Waals surface area (Å²) in [5.74, 6) is -0.129. The van der Waals surface area contributed by atoms with Crippen LogP contribution < -0.4 is 5.32 Å². The van der Waals surface area contributed by atoms with E-state index in [0.717, 1.165) is 17.5 Å². The second-order valence-corrected chi connectivity index (χ2v) is 5.49. The van der Waals surface area contributed by atoms with Gasteiger partial charge in [0.1, 0.15) is 5.82 Å². The summed E-state index contributed by atoms with van der Waals surface area (Å²) in [7, 11) is 0. The first kappa shape index (κ1) is 13.2. The molecule has 0 saturated heterocycles.